The number of aromatic nitrogens is 2. The van der Waals surface area contributed by atoms with Crippen LogP contribution in [0.2, 0.25) is 0 Å². The third-order valence-corrected chi connectivity index (χ3v) is 2.69. The first-order valence-corrected chi connectivity index (χ1v) is 6.10. The zero-order chi connectivity index (χ0) is 14.8. The van der Waals surface area contributed by atoms with Gasteiger partial charge in [-0.15, -0.1) is 13.2 Å². The predicted octanol–water partition coefficient (Wildman–Crippen LogP) is 3.62. The molecule has 0 aliphatic heterocycles. The summed E-state index contributed by atoms with van der Waals surface area (Å²) in [5.74, 6) is 0.738. The highest BCUT2D eigenvalue weighted by Gasteiger charge is 2.32. The second-order valence-corrected chi connectivity index (χ2v) is 4.51. The number of alkyl halides is 3. The Bertz CT molecular complexity index is 601. The van der Waals surface area contributed by atoms with Gasteiger partial charge in [-0.25, -0.2) is 0 Å². The van der Waals surface area contributed by atoms with Gasteiger partial charge >= 0.3 is 6.36 Å². The Kier molecular flexibility index (Phi) is 4.17. The van der Waals surface area contributed by atoms with Crippen LogP contribution >= 0.6 is 15.9 Å². The lowest BCUT2D eigenvalue weighted by Gasteiger charge is -2.11. The van der Waals surface area contributed by atoms with Crippen molar-refractivity contribution in [2.24, 2.45) is 0 Å². The minimum atomic E-state index is -4.74. The molecule has 0 spiro atoms. The highest BCUT2D eigenvalue weighted by atomic mass is 79.9. The van der Waals surface area contributed by atoms with Crippen molar-refractivity contribution < 1.29 is 27.2 Å². The molecule has 20 heavy (non-hydrogen) atoms. The van der Waals surface area contributed by atoms with Crippen molar-refractivity contribution >= 4 is 15.9 Å². The molecule has 0 aliphatic rings. The third-order valence-electron chi connectivity index (χ3n) is 2.07. The molecule has 0 fully saturated rings. The van der Waals surface area contributed by atoms with Gasteiger partial charge in [-0.3, -0.25) is 0 Å². The first-order valence-electron chi connectivity index (χ1n) is 5.31. The summed E-state index contributed by atoms with van der Waals surface area (Å²) in [7, 11) is 0. The topological polar surface area (TPSA) is 57.4 Å². The third kappa shape index (κ3) is 4.12. The van der Waals surface area contributed by atoms with Crippen molar-refractivity contribution in [2.75, 3.05) is 0 Å². The molecular weight excluding hydrogens is 345 g/mol. The second-order valence-electron chi connectivity index (χ2n) is 3.66. The molecule has 1 heterocycles. The van der Waals surface area contributed by atoms with Crippen molar-refractivity contribution in [2.45, 2.75) is 19.9 Å². The summed E-state index contributed by atoms with van der Waals surface area (Å²) in [5.41, 5.74) is 0. The molecule has 0 saturated carbocycles. The van der Waals surface area contributed by atoms with E-state index in [4.69, 9.17) is 9.26 Å². The van der Waals surface area contributed by atoms with E-state index in [1.165, 1.54) is 12.1 Å². The standard InChI is InChI=1S/C11H8BrF3N2O3/c1-6-16-10(17-20-6)5-18-7-2-3-9(8(12)4-7)19-11(13,14)15/h2-4H,5H2,1H3. The summed E-state index contributed by atoms with van der Waals surface area (Å²) in [4.78, 5) is 3.93. The van der Waals surface area contributed by atoms with E-state index >= 15 is 0 Å². The number of halogens is 4. The molecule has 0 aliphatic carbocycles. The zero-order valence-corrected chi connectivity index (χ0v) is 11.7. The minimum Gasteiger partial charge on any atom is -0.485 e. The van der Waals surface area contributed by atoms with Crippen molar-refractivity contribution in [3.05, 3.63) is 34.4 Å². The molecule has 5 nitrogen and oxygen atoms in total. The van der Waals surface area contributed by atoms with Crippen molar-refractivity contribution in [1.82, 2.24) is 10.1 Å². The first-order chi connectivity index (χ1) is 9.33. The molecule has 1 aromatic carbocycles. The van der Waals surface area contributed by atoms with Gasteiger partial charge in [-0.1, -0.05) is 5.16 Å². The summed E-state index contributed by atoms with van der Waals surface area (Å²) in [6.45, 7) is 1.68. The van der Waals surface area contributed by atoms with Crippen molar-refractivity contribution in [3.63, 3.8) is 0 Å². The lowest BCUT2D eigenvalue weighted by atomic mass is 10.3. The number of ether oxygens (including phenoxy) is 2. The molecule has 0 atom stereocenters. The number of hydrogen-bond donors (Lipinski definition) is 0. The van der Waals surface area contributed by atoms with E-state index in [0.717, 1.165) is 6.07 Å². The molecule has 0 N–H and O–H groups in total. The monoisotopic (exact) mass is 352 g/mol. The smallest absolute Gasteiger partial charge is 0.485 e. The summed E-state index contributed by atoms with van der Waals surface area (Å²) in [6, 6.07) is 3.85. The SMILES string of the molecule is Cc1nc(COc2ccc(OC(F)(F)F)c(Br)c2)no1. The van der Waals surface area contributed by atoms with Crippen molar-refractivity contribution in [1.29, 1.82) is 0 Å². The maximum absolute atomic E-state index is 12.1. The highest BCUT2D eigenvalue weighted by Crippen LogP contribution is 2.33. The van der Waals surface area contributed by atoms with Crippen LogP contribution in [0.5, 0.6) is 11.5 Å². The van der Waals surface area contributed by atoms with Gasteiger partial charge in [0, 0.05) is 6.92 Å². The fraction of sp³-hybridized carbons (Fsp3) is 0.273. The Morgan fingerprint density at radius 1 is 1.35 bits per heavy atom. The number of aryl methyl sites for hydroxylation is 1. The van der Waals surface area contributed by atoms with Crippen LogP contribution in [0.4, 0.5) is 13.2 Å². The minimum absolute atomic E-state index is 0.0449. The predicted molar refractivity (Wildman–Crippen MR) is 64.2 cm³/mol. The second kappa shape index (κ2) is 5.70. The van der Waals surface area contributed by atoms with Crippen LogP contribution in [0.1, 0.15) is 11.7 Å². The van der Waals surface area contributed by atoms with Gasteiger partial charge in [0.2, 0.25) is 11.7 Å². The van der Waals surface area contributed by atoms with Gasteiger partial charge in [-0.2, -0.15) is 4.98 Å². The summed E-state index contributed by atoms with van der Waals surface area (Å²) >= 11 is 2.98. The molecule has 9 heteroatoms. The Balaban J connectivity index is 2.01. The number of nitrogens with zero attached hydrogens (tertiary/aromatic N) is 2. The lowest BCUT2D eigenvalue weighted by Crippen LogP contribution is -2.17. The average Bonchev–Trinajstić information content (AvgIpc) is 2.74. The van der Waals surface area contributed by atoms with Crippen LogP contribution in [-0.4, -0.2) is 16.5 Å². The van der Waals surface area contributed by atoms with Crippen LogP contribution < -0.4 is 9.47 Å². The highest BCUT2D eigenvalue weighted by molar-refractivity contribution is 9.10. The Morgan fingerprint density at radius 2 is 2.10 bits per heavy atom. The van der Waals surface area contributed by atoms with Crippen LogP contribution in [0.25, 0.3) is 0 Å². The normalized spacial score (nSPS) is 11.4. The molecule has 0 unspecified atom stereocenters. The van der Waals surface area contributed by atoms with E-state index < -0.39 is 6.36 Å². The van der Waals surface area contributed by atoms with Crippen LogP contribution in [0.3, 0.4) is 0 Å². The molecule has 0 radical (unpaired) electrons. The fourth-order valence-electron chi connectivity index (χ4n) is 1.33. The van der Waals surface area contributed by atoms with E-state index in [0.29, 0.717) is 17.5 Å². The van der Waals surface area contributed by atoms with E-state index in [1.54, 1.807) is 6.92 Å². The first kappa shape index (κ1) is 14.6. The Morgan fingerprint density at radius 3 is 2.65 bits per heavy atom. The van der Waals surface area contributed by atoms with E-state index in [1.807, 2.05) is 0 Å². The molecular formula is C11H8BrF3N2O3. The van der Waals surface area contributed by atoms with Gasteiger partial charge in [0.1, 0.15) is 11.5 Å². The van der Waals surface area contributed by atoms with Gasteiger partial charge < -0.3 is 14.0 Å². The van der Waals surface area contributed by atoms with E-state index in [2.05, 4.69) is 30.8 Å². The maximum Gasteiger partial charge on any atom is 0.573 e. The largest absolute Gasteiger partial charge is 0.573 e. The lowest BCUT2D eigenvalue weighted by molar-refractivity contribution is -0.274. The molecule has 2 aromatic rings. The number of rotatable bonds is 4. The number of benzene rings is 1. The van der Waals surface area contributed by atoms with Gasteiger partial charge in [0.15, 0.2) is 6.61 Å². The summed E-state index contributed by atoms with van der Waals surface area (Å²) in [5, 5.41) is 3.62. The molecule has 108 valence electrons. The molecule has 0 amide bonds. The summed E-state index contributed by atoms with van der Waals surface area (Å²) < 4.78 is 50.3. The molecule has 2 rings (SSSR count). The van der Waals surface area contributed by atoms with E-state index in [-0.39, 0.29) is 16.8 Å². The fourth-order valence-corrected chi connectivity index (χ4v) is 1.77. The van der Waals surface area contributed by atoms with Crippen LogP contribution in [-0.2, 0) is 6.61 Å². The molecule has 1 aromatic heterocycles. The van der Waals surface area contributed by atoms with Gasteiger partial charge in [-0.05, 0) is 34.1 Å². The average molecular weight is 353 g/mol. The molecule has 0 saturated heterocycles. The van der Waals surface area contributed by atoms with E-state index in [9.17, 15) is 13.2 Å². The quantitative estimate of drug-likeness (QED) is 0.841. The van der Waals surface area contributed by atoms with Crippen molar-refractivity contribution in [3.8, 4) is 11.5 Å². The van der Waals surface area contributed by atoms with Gasteiger partial charge in [0.25, 0.3) is 0 Å². The number of hydrogen-bond acceptors (Lipinski definition) is 5. The van der Waals surface area contributed by atoms with Crippen LogP contribution in [0.15, 0.2) is 27.2 Å². The van der Waals surface area contributed by atoms with Crippen LogP contribution in [0, 0.1) is 6.92 Å². The van der Waals surface area contributed by atoms with Gasteiger partial charge in [0.05, 0.1) is 4.47 Å². The maximum atomic E-state index is 12.1. The Labute approximate surface area is 119 Å². The zero-order valence-electron chi connectivity index (χ0n) is 10.1. The summed E-state index contributed by atoms with van der Waals surface area (Å²) in [6.07, 6.45) is -4.74. The Hall–Kier alpha value is -1.77. The molecule has 0 bridgehead atoms.